The second-order valence-corrected chi connectivity index (χ2v) is 4.84. The molecule has 1 atom stereocenters. The maximum Gasteiger partial charge on any atom is 0.122 e. The van der Waals surface area contributed by atoms with Crippen LogP contribution in [0.5, 0.6) is 11.5 Å². The monoisotopic (exact) mass is 272 g/mol. The zero-order chi connectivity index (χ0) is 14.7. The average molecular weight is 272 g/mol. The van der Waals surface area contributed by atoms with Crippen molar-refractivity contribution in [2.75, 3.05) is 14.2 Å². The Morgan fingerprint density at radius 1 is 0.950 bits per heavy atom. The first-order chi connectivity index (χ1) is 9.56. The van der Waals surface area contributed by atoms with Gasteiger partial charge in [-0.05, 0) is 48.2 Å². The summed E-state index contributed by atoms with van der Waals surface area (Å²) in [6.45, 7) is 4.06. The smallest absolute Gasteiger partial charge is 0.122 e. The van der Waals surface area contributed by atoms with E-state index in [2.05, 4.69) is 0 Å². The van der Waals surface area contributed by atoms with Crippen LogP contribution in [-0.4, -0.2) is 19.3 Å². The third-order valence-corrected chi connectivity index (χ3v) is 3.63. The van der Waals surface area contributed by atoms with E-state index in [4.69, 9.17) is 9.47 Å². The summed E-state index contributed by atoms with van der Waals surface area (Å²) in [5, 5.41) is 10.6. The minimum absolute atomic E-state index is 0.670. The van der Waals surface area contributed by atoms with Gasteiger partial charge in [-0.3, -0.25) is 0 Å². The molecule has 0 saturated carbocycles. The summed E-state index contributed by atoms with van der Waals surface area (Å²) >= 11 is 0. The van der Waals surface area contributed by atoms with Crippen LogP contribution in [0.25, 0.3) is 0 Å². The summed E-state index contributed by atoms with van der Waals surface area (Å²) in [7, 11) is 3.20. The lowest BCUT2D eigenvalue weighted by atomic mass is 9.94. The number of aliphatic hydroxyl groups excluding tert-OH is 1. The van der Waals surface area contributed by atoms with Crippen LogP contribution in [0, 0.1) is 13.8 Å². The van der Waals surface area contributed by atoms with E-state index in [1.165, 1.54) is 0 Å². The Balaban J connectivity index is 2.47. The fourth-order valence-corrected chi connectivity index (χ4v) is 2.24. The average Bonchev–Trinajstić information content (AvgIpc) is 2.48. The highest BCUT2D eigenvalue weighted by Gasteiger charge is 2.15. The molecule has 0 aromatic heterocycles. The van der Waals surface area contributed by atoms with E-state index in [-0.39, 0.29) is 0 Å². The molecule has 0 spiro atoms. The number of rotatable bonds is 4. The summed E-state index contributed by atoms with van der Waals surface area (Å²) in [6.07, 6.45) is -0.695. The van der Waals surface area contributed by atoms with Crippen molar-refractivity contribution in [2.24, 2.45) is 0 Å². The van der Waals surface area contributed by atoms with E-state index in [0.29, 0.717) is 11.5 Å². The van der Waals surface area contributed by atoms with Crippen LogP contribution in [-0.2, 0) is 0 Å². The van der Waals surface area contributed by atoms with Gasteiger partial charge in [0.05, 0.1) is 14.2 Å². The Kier molecular flexibility index (Phi) is 4.30. The number of benzene rings is 2. The van der Waals surface area contributed by atoms with Gasteiger partial charge in [-0.15, -0.1) is 0 Å². The molecule has 3 nitrogen and oxygen atoms in total. The van der Waals surface area contributed by atoms with Gasteiger partial charge in [0.2, 0.25) is 0 Å². The van der Waals surface area contributed by atoms with Crippen LogP contribution in [0.3, 0.4) is 0 Å². The molecule has 2 aromatic carbocycles. The van der Waals surface area contributed by atoms with Gasteiger partial charge in [-0.25, -0.2) is 0 Å². The predicted octanol–water partition coefficient (Wildman–Crippen LogP) is 3.40. The van der Waals surface area contributed by atoms with Crippen molar-refractivity contribution in [3.63, 3.8) is 0 Å². The van der Waals surface area contributed by atoms with Crippen molar-refractivity contribution >= 4 is 0 Å². The van der Waals surface area contributed by atoms with Gasteiger partial charge in [-0.1, -0.05) is 18.2 Å². The van der Waals surface area contributed by atoms with E-state index < -0.39 is 6.10 Å². The first-order valence-corrected chi connectivity index (χ1v) is 6.54. The third-order valence-electron chi connectivity index (χ3n) is 3.63. The summed E-state index contributed by atoms with van der Waals surface area (Å²) in [5.41, 5.74) is 3.92. The standard InChI is InChI=1S/C17H20O3/c1-11-6-5-7-16(12(11)2)17(18)13-8-14(19-3)10-15(9-13)20-4/h5-10,17-18H,1-4H3. The lowest BCUT2D eigenvalue weighted by molar-refractivity contribution is 0.218. The summed E-state index contributed by atoms with van der Waals surface area (Å²) in [4.78, 5) is 0. The molecule has 0 bridgehead atoms. The largest absolute Gasteiger partial charge is 0.497 e. The lowest BCUT2D eigenvalue weighted by Gasteiger charge is -2.17. The molecule has 0 saturated heterocycles. The second kappa shape index (κ2) is 5.97. The molecule has 0 aliphatic heterocycles. The highest BCUT2D eigenvalue weighted by Crippen LogP contribution is 2.31. The maximum atomic E-state index is 10.6. The normalized spacial score (nSPS) is 12.1. The molecular formula is C17H20O3. The van der Waals surface area contributed by atoms with Gasteiger partial charge < -0.3 is 14.6 Å². The van der Waals surface area contributed by atoms with Gasteiger partial charge in [0.25, 0.3) is 0 Å². The van der Waals surface area contributed by atoms with Crippen molar-refractivity contribution in [3.8, 4) is 11.5 Å². The van der Waals surface area contributed by atoms with Crippen LogP contribution in [0.1, 0.15) is 28.4 Å². The molecule has 0 fully saturated rings. The zero-order valence-corrected chi connectivity index (χ0v) is 12.3. The minimum Gasteiger partial charge on any atom is -0.497 e. The topological polar surface area (TPSA) is 38.7 Å². The maximum absolute atomic E-state index is 10.6. The minimum atomic E-state index is -0.695. The number of hydrogen-bond donors (Lipinski definition) is 1. The number of aliphatic hydroxyl groups is 1. The van der Waals surface area contributed by atoms with E-state index in [1.54, 1.807) is 20.3 Å². The Morgan fingerprint density at radius 2 is 1.55 bits per heavy atom. The fraction of sp³-hybridized carbons (Fsp3) is 0.294. The Bertz CT molecular complexity index is 583. The van der Waals surface area contributed by atoms with Crippen molar-refractivity contribution < 1.29 is 14.6 Å². The molecule has 106 valence electrons. The molecule has 0 aliphatic carbocycles. The lowest BCUT2D eigenvalue weighted by Crippen LogP contribution is -2.04. The Morgan fingerprint density at radius 3 is 2.10 bits per heavy atom. The first-order valence-electron chi connectivity index (χ1n) is 6.54. The molecule has 2 aromatic rings. The number of aryl methyl sites for hydroxylation is 1. The van der Waals surface area contributed by atoms with Crippen molar-refractivity contribution in [1.29, 1.82) is 0 Å². The predicted molar refractivity (Wildman–Crippen MR) is 79.5 cm³/mol. The van der Waals surface area contributed by atoms with Crippen LogP contribution < -0.4 is 9.47 Å². The molecular weight excluding hydrogens is 252 g/mol. The number of hydrogen-bond acceptors (Lipinski definition) is 3. The molecule has 0 amide bonds. The molecule has 0 radical (unpaired) electrons. The summed E-state index contributed by atoms with van der Waals surface area (Å²) in [6, 6.07) is 11.4. The molecule has 0 aliphatic rings. The van der Waals surface area contributed by atoms with Gasteiger partial charge in [0.1, 0.15) is 17.6 Å². The van der Waals surface area contributed by atoms with Gasteiger partial charge in [0, 0.05) is 6.07 Å². The third kappa shape index (κ3) is 2.78. The van der Waals surface area contributed by atoms with Gasteiger partial charge in [-0.2, -0.15) is 0 Å². The van der Waals surface area contributed by atoms with Crippen molar-refractivity contribution in [1.82, 2.24) is 0 Å². The zero-order valence-electron chi connectivity index (χ0n) is 12.3. The van der Waals surface area contributed by atoms with Crippen molar-refractivity contribution in [2.45, 2.75) is 20.0 Å². The van der Waals surface area contributed by atoms with Crippen LogP contribution in [0.15, 0.2) is 36.4 Å². The van der Waals surface area contributed by atoms with E-state index in [0.717, 1.165) is 22.3 Å². The molecule has 0 heterocycles. The molecule has 3 heteroatoms. The number of ether oxygens (including phenoxy) is 2. The van der Waals surface area contributed by atoms with Crippen LogP contribution in [0.4, 0.5) is 0 Å². The van der Waals surface area contributed by atoms with Gasteiger partial charge >= 0.3 is 0 Å². The molecule has 2 rings (SSSR count). The molecule has 1 N–H and O–H groups in total. The van der Waals surface area contributed by atoms with Crippen molar-refractivity contribution in [3.05, 3.63) is 58.7 Å². The fourth-order valence-electron chi connectivity index (χ4n) is 2.24. The quantitative estimate of drug-likeness (QED) is 0.927. The molecule has 1 unspecified atom stereocenters. The van der Waals surface area contributed by atoms with Crippen LogP contribution >= 0.6 is 0 Å². The van der Waals surface area contributed by atoms with E-state index in [1.807, 2.05) is 44.2 Å². The highest BCUT2D eigenvalue weighted by atomic mass is 16.5. The first kappa shape index (κ1) is 14.4. The Labute approximate surface area is 119 Å². The highest BCUT2D eigenvalue weighted by molar-refractivity contribution is 5.45. The van der Waals surface area contributed by atoms with Crippen LogP contribution in [0.2, 0.25) is 0 Å². The summed E-state index contributed by atoms with van der Waals surface area (Å²) < 4.78 is 10.5. The van der Waals surface area contributed by atoms with E-state index in [9.17, 15) is 5.11 Å². The Hall–Kier alpha value is -2.00. The van der Waals surface area contributed by atoms with E-state index >= 15 is 0 Å². The molecule has 20 heavy (non-hydrogen) atoms. The SMILES string of the molecule is COc1cc(OC)cc(C(O)c2cccc(C)c2C)c1. The number of methoxy groups -OCH3 is 2. The second-order valence-electron chi connectivity index (χ2n) is 4.84. The summed E-state index contributed by atoms with van der Waals surface area (Å²) in [5.74, 6) is 1.34. The van der Waals surface area contributed by atoms with Gasteiger partial charge in [0.15, 0.2) is 0 Å².